The van der Waals surface area contributed by atoms with E-state index >= 15 is 0 Å². The predicted molar refractivity (Wildman–Crippen MR) is 129 cm³/mol. The first-order valence-electron chi connectivity index (χ1n) is 11.0. The van der Waals surface area contributed by atoms with E-state index in [1.54, 1.807) is 0 Å². The van der Waals surface area contributed by atoms with Crippen molar-refractivity contribution in [3.8, 4) is 22.5 Å². The van der Waals surface area contributed by atoms with Crippen LogP contribution in [0.15, 0.2) is 55.0 Å². The second-order valence-corrected chi connectivity index (χ2v) is 8.60. The molecule has 1 aliphatic rings. The highest BCUT2D eigenvalue weighted by Gasteiger charge is 2.19. The molecule has 7 nitrogen and oxygen atoms in total. The molecule has 4 aromatic heterocycles. The van der Waals surface area contributed by atoms with Gasteiger partial charge in [-0.1, -0.05) is 6.07 Å². The van der Waals surface area contributed by atoms with Gasteiger partial charge in [-0.2, -0.15) is 5.10 Å². The lowest BCUT2D eigenvalue weighted by Crippen LogP contribution is -2.44. The summed E-state index contributed by atoms with van der Waals surface area (Å²) in [4.78, 5) is 17.4. The van der Waals surface area contributed by atoms with Crippen LogP contribution in [0.1, 0.15) is 5.56 Å². The van der Waals surface area contributed by atoms with E-state index in [0.717, 1.165) is 59.6 Å². The fraction of sp³-hybridized carbons (Fsp3) is 0.240. The summed E-state index contributed by atoms with van der Waals surface area (Å²) in [6.07, 6.45) is 5.58. The maximum atomic E-state index is 4.60. The smallest absolute Gasteiger partial charge is 0.181 e. The highest BCUT2D eigenvalue weighted by atomic mass is 15.2. The molecule has 0 saturated carbocycles. The number of nitrogens with zero attached hydrogens (tertiary/aromatic N) is 5. The van der Waals surface area contributed by atoms with Crippen LogP contribution in [0, 0.1) is 6.92 Å². The molecule has 0 spiro atoms. The quantitative estimate of drug-likeness (QED) is 0.454. The van der Waals surface area contributed by atoms with Crippen LogP contribution in [0.2, 0.25) is 0 Å². The Morgan fingerprint density at radius 2 is 1.84 bits per heavy atom. The summed E-state index contributed by atoms with van der Waals surface area (Å²) in [5, 5.41) is 9.90. The van der Waals surface area contributed by atoms with Gasteiger partial charge in [-0.25, -0.2) is 4.98 Å². The summed E-state index contributed by atoms with van der Waals surface area (Å²) in [7, 11) is 2.19. The van der Waals surface area contributed by atoms with Crippen LogP contribution in [-0.4, -0.2) is 63.3 Å². The number of fused-ring (bicyclic) bond motifs is 2. The number of rotatable bonds is 3. The molecule has 0 bridgehead atoms. The number of nitrogens with one attached hydrogen (secondary N) is 2. The molecule has 0 atom stereocenters. The number of likely N-dealkylation sites (N-methyl/N-ethyl adjacent to an activating group) is 1. The van der Waals surface area contributed by atoms with E-state index in [9.17, 15) is 0 Å². The van der Waals surface area contributed by atoms with E-state index < -0.39 is 0 Å². The topological polar surface area (TPSA) is 76.7 Å². The van der Waals surface area contributed by atoms with Gasteiger partial charge < -0.3 is 14.8 Å². The van der Waals surface area contributed by atoms with Crippen molar-refractivity contribution in [1.29, 1.82) is 0 Å². The van der Waals surface area contributed by atoms with Crippen molar-refractivity contribution in [1.82, 2.24) is 30.0 Å². The zero-order valence-electron chi connectivity index (χ0n) is 18.3. The average Bonchev–Trinajstić information content (AvgIpc) is 3.43. The van der Waals surface area contributed by atoms with Crippen LogP contribution >= 0.6 is 0 Å². The molecule has 7 heteroatoms. The van der Waals surface area contributed by atoms with Gasteiger partial charge in [-0.15, -0.1) is 0 Å². The minimum absolute atomic E-state index is 0.711. The standard InChI is InChI=1S/C25H25N7/c1-16-6-7-26-15-20(16)17-12-19-24(29-30-25(19)27-14-17)22-13-18-21(28-22)4-3-5-23(18)32-10-8-31(2)9-11-32/h3-7,12-15,28H,8-11H2,1-2H3,(H,27,29,30). The van der Waals surface area contributed by atoms with Crippen LogP contribution in [-0.2, 0) is 0 Å². The minimum Gasteiger partial charge on any atom is -0.368 e. The molecule has 1 aliphatic heterocycles. The SMILES string of the molecule is Cc1ccncc1-c1cnc2n[nH]c(-c3cc4c(N5CCN(C)CC5)cccc4[nH]3)c2c1. The van der Waals surface area contributed by atoms with Crippen LogP contribution in [0.4, 0.5) is 5.69 Å². The Hall–Kier alpha value is -3.71. The third-order valence-electron chi connectivity index (χ3n) is 6.51. The van der Waals surface area contributed by atoms with Gasteiger partial charge in [0, 0.05) is 77.9 Å². The number of hydrogen-bond acceptors (Lipinski definition) is 5. The van der Waals surface area contributed by atoms with Crippen molar-refractivity contribution in [2.45, 2.75) is 6.92 Å². The Morgan fingerprint density at radius 3 is 2.69 bits per heavy atom. The fourth-order valence-electron chi connectivity index (χ4n) is 4.62. The number of hydrogen-bond donors (Lipinski definition) is 2. The average molecular weight is 424 g/mol. The monoisotopic (exact) mass is 423 g/mol. The summed E-state index contributed by atoms with van der Waals surface area (Å²) in [6.45, 7) is 6.35. The lowest BCUT2D eigenvalue weighted by atomic mass is 10.0. The lowest BCUT2D eigenvalue weighted by Gasteiger charge is -2.34. The molecule has 5 heterocycles. The van der Waals surface area contributed by atoms with Crippen molar-refractivity contribution in [3.63, 3.8) is 0 Å². The second kappa shape index (κ2) is 7.46. The zero-order chi connectivity index (χ0) is 21.7. The molecule has 0 radical (unpaired) electrons. The number of pyridine rings is 2. The fourth-order valence-corrected chi connectivity index (χ4v) is 4.62. The summed E-state index contributed by atoms with van der Waals surface area (Å²) in [6, 6.07) is 12.9. The van der Waals surface area contributed by atoms with Crippen LogP contribution in [0.5, 0.6) is 0 Å². The lowest BCUT2D eigenvalue weighted by molar-refractivity contribution is 0.313. The van der Waals surface area contributed by atoms with Gasteiger partial charge in [0.25, 0.3) is 0 Å². The number of aryl methyl sites for hydroxylation is 1. The van der Waals surface area contributed by atoms with E-state index in [2.05, 4.69) is 79.3 Å². The number of benzene rings is 1. The molecule has 5 aromatic rings. The molecule has 1 aromatic carbocycles. The van der Waals surface area contributed by atoms with E-state index in [-0.39, 0.29) is 0 Å². The normalized spacial score (nSPS) is 15.1. The summed E-state index contributed by atoms with van der Waals surface area (Å²) in [5.41, 5.74) is 8.40. The molecule has 0 amide bonds. The third kappa shape index (κ3) is 3.13. The molecule has 6 rings (SSSR count). The van der Waals surface area contributed by atoms with Crippen molar-refractivity contribution >= 4 is 27.6 Å². The zero-order valence-corrected chi connectivity index (χ0v) is 18.3. The first-order chi connectivity index (χ1) is 15.7. The van der Waals surface area contributed by atoms with Crippen molar-refractivity contribution in [2.24, 2.45) is 0 Å². The molecule has 1 saturated heterocycles. The Balaban J connectivity index is 1.45. The van der Waals surface area contributed by atoms with Crippen LogP contribution in [0.25, 0.3) is 44.5 Å². The number of piperazine rings is 1. The van der Waals surface area contributed by atoms with Crippen molar-refractivity contribution < 1.29 is 0 Å². The molecule has 160 valence electrons. The van der Waals surface area contributed by atoms with Gasteiger partial charge >= 0.3 is 0 Å². The maximum absolute atomic E-state index is 4.60. The Labute approximate surface area is 186 Å². The third-order valence-corrected chi connectivity index (χ3v) is 6.51. The van der Waals surface area contributed by atoms with Gasteiger partial charge in [0.15, 0.2) is 5.65 Å². The van der Waals surface area contributed by atoms with Gasteiger partial charge in [-0.05, 0) is 49.9 Å². The molecule has 32 heavy (non-hydrogen) atoms. The minimum atomic E-state index is 0.711. The highest BCUT2D eigenvalue weighted by molar-refractivity contribution is 6.00. The van der Waals surface area contributed by atoms with E-state index in [1.165, 1.54) is 16.6 Å². The first-order valence-corrected chi connectivity index (χ1v) is 11.0. The Kier molecular flexibility index (Phi) is 4.43. The van der Waals surface area contributed by atoms with E-state index in [1.807, 2.05) is 24.7 Å². The molecular formula is C25H25N7. The molecular weight excluding hydrogens is 398 g/mol. The van der Waals surface area contributed by atoms with Crippen LogP contribution in [0.3, 0.4) is 0 Å². The van der Waals surface area contributed by atoms with Crippen LogP contribution < -0.4 is 4.90 Å². The number of anilines is 1. The number of aromatic nitrogens is 5. The molecule has 2 N–H and O–H groups in total. The van der Waals surface area contributed by atoms with Gasteiger partial charge in [0.2, 0.25) is 0 Å². The summed E-state index contributed by atoms with van der Waals surface area (Å²) >= 11 is 0. The Bertz CT molecular complexity index is 1420. The Morgan fingerprint density at radius 1 is 0.969 bits per heavy atom. The summed E-state index contributed by atoms with van der Waals surface area (Å²) in [5.74, 6) is 0. The highest BCUT2D eigenvalue weighted by Crippen LogP contribution is 2.34. The van der Waals surface area contributed by atoms with Gasteiger partial charge in [0.1, 0.15) is 0 Å². The number of aromatic amines is 2. The van der Waals surface area contributed by atoms with Gasteiger partial charge in [-0.3, -0.25) is 10.1 Å². The second-order valence-electron chi connectivity index (χ2n) is 8.60. The first kappa shape index (κ1) is 19.0. The molecule has 1 fully saturated rings. The van der Waals surface area contributed by atoms with Crippen molar-refractivity contribution in [3.05, 3.63) is 60.6 Å². The largest absolute Gasteiger partial charge is 0.368 e. The predicted octanol–water partition coefficient (Wildman–Crippen LogP) is 4.23. The van der Waals surface area contributed by atoms with Crippen molar-refractivity contribution in [2.75, 3.05) is 38.1 Å². The molecule has 0 unspecified atom stereocenters. The van der Waals surface area contributed by atoms with E-state index in [4.69, 9.17) is 0 Å². The molecule has 0 aliphatic carbocycles. The maximum Gasteiger partial charge on any atom is 0.181 e. The van der Waals surface area contributed by atoms with E-state index in [0.29, 0.717) is 5.65 Å². The summed E-state index contributed by atoms with van der Waals surface area (Å²) < 4.78 is 0. The van der Waals surface area contributed by atoms with Gasteiger partial charge in [0.05, 0.1) is 11.4 Å². The number of H-pyrrole nitrogens is 2.